The highest BCUT2D eigenvalue weighted by Gasteiger charge is 2.24. The zero-order valence-corrected chi connectivity index (χ0v) is 19.3. The second kappa shape index (κ2) is 8.84. The van der Waals surface area contributed by atoms with Crippen LogP contribution in [0.15, 0.2) is 53.0 Å². The van der Waals surface area contributed by atoms with Crippen LogP contribution in [0.4, 0.5) is 0 Å². The van der Waals surface area contributed by atoms with Crippen LogP contribution in [-0.2, 0) is 6.54 Å². The first-order valence-corrected chi connectivity index (χ1v) is 12.1. The largest absolute Gasteiger partial charge is 0.486 e. The van der Waals surface area contributed by atoms with Crippen molar-refractivity contribution in [2.45, 2.75) is 31.7 Å². The molecule has 9 heteroatoms. The molecule has 3 aromatic heterocycles. The molecule has 0 saturated carbocycles. The Bertz CT molecular complexity index is 1250. The number of aromatic amines is 1. The van der Waals surface area contributed by atoms with E-state index in [0.717, 1.165) is 39.2 Å². The molecule has 0 fully saturated rings. The van der Waals surface area contributed by atoms with Crippen molar-refractivity contribution < 1.29 is 14.3 Å². The molecule has 0 aliphatic carbocycles. The van der Waals surface area contributed by atoms with E-state index in [1.54, 1.807) is 11.3 Å². The Labute approximate surface area is 193 Å². The fourth-order valence-electron chi connectivity index (χ4n) is 3.76. The van der Waals surface area contributed by atoms with Crippen LogP contribution >= 0.6 is 23.1 Å². The number of hydrogen-bond donors (Lipinski definition) is 1. The average molecular weight is 467 g/mol. The van der Waals surface area contributed by atoms with E-state index in [1.807, 2.05) is 61.7 Å². The SMILES string of the molecule is Cc1cc(C(=O)CSc2n[nH]c(-c3cccs3)n2)c(C)n1CC1COc2ccccc2O1. The predicted octanol–water partition coefficient (Wildman–Crippen LogP) is 4.77. The summed E-state index contributed by atoms with van der Waals surface area (Å²) in [4.78, 5) is 18.4. The average Bonchev–Trinajstić information content (AvgIpc) is 3.55. The number of Topliss-reactive ketones (excluding diaryl/α,β-unsaturated/α-hetero) is 1. The number of thiophene rings is 1. The summed E-state index contributed by atoms with van der Waals surface area (Å²) < 4.78 is 14.1. The van der Waals surface area contributed by atoms with Gasteiger partial charge in [-0.3, -0.25) is 9.89 Å². The third kappa shape index (κ3) is 4.18. The Kier molecular flexibility index (Phi) is 5.75. The van der Waals surface area contributed by atoms with Crippen LogP contribution in [0.1, 0.15) is 21.7 Å². The third-order valence-corrected chi connectivity index (χ3v) is 7.10. The number of fused-ring (bicyclic) bond motifs is 1. The van der Waals surface area contributed by atoms with Gasteiger partial charge in [0.1, 0.15) is 6.61 Å². The smallest absolute Gasteiger partial charge is 0.209 e. The first-order chi connectivity index (χ1) is 15.6. The quantitative estimate of drug-likeness (QED) is 0.312. The Morgan fingerprint density at radius 3 is 2.91 bits per heavy atom. The van der Waals surface area contributed by atoms with Crippen LogP contribution in [0.5, 0.6) is 11.5 Å². The number of rotatable bonds is 7. The van der Waals surface area contributed by atoms with Crippen LogP contribution in [0.3, 0.4) is 0 Å². The van der Waals surface area contributed by atoms with Gasteiger partial charge in [0.15, 0.2) is 29.2 Å². The number of ether oxygens (including phenoxy) is 2. The van der Waals surface area contributed by atoms with E-state index >= 15 is 0 Å². The summed E-state index contributed by atoms with van der Waals surface area (Å²) in [5, 5.41) is 9.73. The summed E-state index contributed by atoms with van der Waals surface area (Å²) in [5.41, 5.74) is 2.68. The van der Waals surface area contributed by atoms with Crippen molar-refractivity contribution in [2.24, 2.45) is 0 Å². The van der Waals surface area contributed by atoms with Crippen LogP contribution < -0.4 is 9.47 Å². The molecule has 1 aliphatic heterocycles. The maximum absolute atomic E-state index is 12.9. The molecule has 4 aromatic rings. The molecule has 1 aromatic carbocycles. The second-order valence-electron chi connectivity index (χ2n) is 7.55. The number of aryl methyl sites for hydroxylation is 1. The van der Waals surface area contributed by atoms with Crippen molar-refractivity contribution in [3.63, 3.8) is 0 Å². The van der Waals surface area contributed by atoms with E-state index in [0.29, 0.717) is 18.3 Å². The van der Waals surface area contributed by atoms with Gasteiger partial charge in [-0.1, -0.05) is 30.0 Å². The Morgan fingerprint density at radius 2 is 2.09 bits per heavy atom. The van der Waals surface area contributed by atoms with E-state index < -0.39 is 0 Å². The van der Waals surface area contributed by atoms with E-state index in [2.05, 4.69) is 19.7 Å². The summed E-state index contributed by atoms with van der Waals surface area (Å²) >= 11 is 2.94. The van der Waals surface area contributed by atoms with Crippen molar-refractivity contribution in [3.05, 3.63) is 64.8 Å². The van der Waals surface area contributed by atoms with Crippen LogP contribution in [0.2, 0.25) is 0 Å². The minimum absolute atomic E-state index is 0.0583. The highest BCUT2D eigenvalue weighted by atomic mass is 32.2. The molecule has 164 valence electrons. The number of ketones is 1. The van der Waals surface area contributed by atoms with Crippen molar-refractivity contribution in [1.82, 2.24) is 19.7 Å². The number of nitrogens with one attached hydrogen (secondary N) is 1. The van der Waals surface area contributed by atoms with Crippen molar-refractivity contribution in [1.29, 1.82) is 0 Å². The molecule has 0 saturated heterocycles. The highest BCUT2D eigenvalue weighted by Crippen LogP contribution is 2.32. The van der Waals surface area contributed by atoms with E-state index in [9.17, 15) is 4.79 Å². The number of benzene rings is 1. The molecular weight excluding hydrogens is 444 g/mol. The summed E-state index contributed by atoms with van der Waals surface area (Å²) in [5.74, 6) is 2.59. The Hall–Kier alpha value is -3.04. The molecular formula is C23H22N4O3S2. The van der Waals surface area contributed by atoms with Gasteiger partial charge in [0.2, 0.25) is 5.16 Å². The lowest BCUT2D eigenvalue weighted by molar-refractivity contribution is 0.0777. The van der Waals surface area contributed by atoms with Gasteiger partial charge in [0.25, 0.3) is 0 Å². The number of nitrogens with zero attached hydrogens (tertiary/aromatic N) is 3. The zero-order valence-electron chi connectivity index (χ0n) is 17.7. The van der Waals surface area contributed by atoms with Crippen LogP contribution in [0, 0.1) is 13.8 Å². The lowest BCUT2D eigenvalue weighted by Gasteiger charge is -2.27. The number of para-hydroxylation sites is 2. The summed E-state index contributed by atoms with van der Waals surface area (Å²) in [7, 11) is 0. The normalized spacial score (nSPS) is 15.1. The van der Waals surface area contributed by atoms with Gasteiger partial charge in [-0.15, -0.1) is 16.4 Å². The van der Waals surface area contributed by atoms with Crippen molar-refractivity contribution in [3.8, 4) is 22.2 Å². The summed E-state index contributed by atoms with van der Waals surface area (Å²) in [6, 6.07) is 13.6. The molecule has 1 unspecified atom stereocenters. The van der Waals surface area contributed by atoms with Crippen LogP contribution in [0.25, 0.3) is 10.7 Å². The Morgan fingerprint density at radius 1 is 1.25 bits per heavy atom. The molecule has 0 radical (unpaired) electrons. The van der Waals surface area contributed by atoms with Gasteiger partial charge in [-0.05, 0) is 43.5 Å². The van der Waals surface area contributed by atoms with Crippen molar-refractivity contribution in [2.75, 3.05) is 12.4 Å². The number of carbonyl (C=O) groups excluding carboxylic acids is 1. The maximum atomic E-state index is 12.9. The van der Waals surface area contributed by atoms with Gasteiger partial charge < -0.3 is 14.0 Å². The monoisotopic (exact) mass is 466 g/mol. The molecule has 1 atom stereocenters. The summed E-state index contributed by atoms with van der Waals surface area (Å²) in [6.45, 7) is 5.09. The predicted molar refractivity (Wildman–Crippen MR) is 125 cm³/mol. The number of carbonyl (C=O) groups is 1. The molecule has 32 heavy (non-hydrogen) atoms. The Balaban J connectivity index is 1.24. The molecule has 5 rings (SSSR count). The van der Waals surface area contributed by atoms with E-state index in [1.165, 1.54) is 11.8 Å². The lowest BCUT2D eigenvalue weighted by Crippen LogP contribution is -2.33. The minimum atomic E-state index is -0.115. The van der Waals surface area contributed by atoms with Gasteiger partial charge in [0, 0.05) is 17.0 Å². The van der Waals surface area contributed by atoms with E-state index in [-0.39, 0.29) is 17.6 Å². The molecule has 7 nitrogen and oxygen atoms in total. The highest BCUT2D eigenvalue weighted by molar-refractivity contribution is 7.99. The van der Waals surface area contributed by atoms with Crippen LogP contribution in [-0.4, -0.2) is 44.0 Å². The first-order valence-electron chi connectivity index (χ1n) is 10.3. The summed E-state index contributed by atoms with van der Waals surface area (Å²) in [6.07, 6.45) is -0.115. The fourth-order valence-corrected chi connectivity index (χ4v) is 5.11. The second-order valence-corrected chi connectivity index (χ2v) is 9.44. The molecule has 1 aliphatic rings. The van der Waals surface area contributed by atoms with Gasteiger partial charge in [0.05, 0.1) is 17.2 Å². The van der Waals surface area contributed by atoms with Gasteiger partial charge >= 0.3 is 0 Å². The first kappa shape index (κ1) is 20.8. The molecule has 4 heterocycles. The topological polar surface area (TPSA) is 82.0 Å². The van der Waals surface area contributed by atoms with E-state index in [4.69, 9.17) is 9.47 Å². The minimum Gasteiger partial charge on any atom is -0.486 e. The third-order valence-electron chi connectivity index (χ3n) is 5.38. The number of thioether (sulfide) groups is 1. The standard InChI is InChI=1S/C23H22N4O3S2/c1-14-10-17(18(28)13-32-23-24-22(25-26-23)21-8-5-9-31-21)15(2)27(14)11-16-12-29-19-6-3-4-7-20(19)30-16/h3-10,16H,11-13H2,1-2H3,(H,24,25,26). The molecule has 0 spiro atoms. The molecule has 0 bridgehead atoms. The maximum Gasteiger partial charge on any atom is 0.209 e. The van der Waals surface area contributed by atoms with Gasteiger partial charge in [-0.25, -0.2) is 4.98 Å². The van der Waals surface area contributed by atoms with Crippen molar-refractivity contribution >= 4 is 28.9 Å². The van der Waals surface area contributed by atoms with Gasteiger partial charge in [-0.2, -0.15) is 0 Å². The molecule has 1 N–H and O–H groups in total. The number of H-pyrrole nitrogens is 1. The number of hydrogen-bond acceptors (Lipinski definition) is 7. The fraction of sp³-hybridized carbons (Fsp3) is 0.261. The lowest BCUT2D eigenvalue weighted by atomic mass is 10.2. The molecule has 0 amide bonds. The zero-order chi connectivity index (χ0) is 22.1. The number of aromatic nitrogens is 4.